The van der Waals surface area contributed by atoms with E-state index in [2.05, 4.69) is 11.8 Å². The molecule has 84 valence electrons. The Morgan fingerprint density at radius 3 is 2.29 bits per heavy atom. The van der Waals surface area contributed by atoms with E-state index in [1.54, 1.807) is 18.2 Å². The van der Waals surface area contributed by atoms with Gasteiger partial charge < -0.3 is 4.90 Å². The molecular formula is C9H20N2O2S. The normalized spacial score (nSPS) is 27.1. The molecule has 1 atom stereocenters. The third kappa shape index (κ3) is 2.27. The molecule has 1 saturated heterocycles. The van der Waals surface area contributed by atoms with Crippen LogP contribution in [0.5, 0.6) is 0 Å². The van der Waals surface area contributed by atoms with Crippen molar-refractivity contribution in [2.24, 2.45) is 0 Å². The molecule has 0 amide bonds. The zero-order chi connectivity index (χ0) is 10.9. The Morgan fingerprint density at radius 1 is 1.29 bits per heavy atom. The van der Waals surface area contributed by atoms with Crippen molar-refractivity contribution in [1.82, 2.24) is 9.21 Å². The van der Waals surface area contributed by atoms with Crippen molar-refractivity contribution >= 4 is 10.0 Å². The molecular weight excluding hydrogens is 200 g/mol. The van der Waals surface area contributed by atoms with Gasteiger partial charge in [-0.2, -0.15) is 4.31 Å². The van der Waals surface area contributed by atoms with Crippen LogP contribution in [0.4, 0.5) is 0 Å². The smallest absolute Gasteiger partial charge is 0.216 e. The maximum atomic E-state index is 11.8. The maximum Gasteiger partial charge on any atom is 0.216 e. The van der Waals surface area contributed by atoms with Crippen molar-refractivity contribution in [1.29, 1.82) is 0 Å². The number of piperazine rings is 1. The molecule has 4 nitrogen and oxygen atoms in total. The van der Waals surface area contributed by atoms with Crippen molar-refractivity contribution in [2.75, 3.05) is 26.7 Å². The topological polar surface area (TPSA) is 40.6 Å². The number of hydrogen-bond acceptors (Lipinski definition) is 3. The first kappa shape index (κ1) is 11.9. The third-order valence-corrected chi connectivity index (χ3v) is 5.12. The number of likely N-dealkylation sites (N-methyl/N-ethyl adjacent to an activating group) is 1. The van der Waals surface area contributed by atoms with Crippen LogP contribution in [-0.2, 0) is 10.0 Å². The fourth-order valence-electron chi connectivity index (χ4n) is 1.54. The monoisotopic (exact) mass is 220 g/mol. The van der Waals surface area contributed by atoms with E-state index in [0.29, 0.717) is 19.1 Å². The molecule has 14 heavy (non-hydrogen) atoms. The van der Waals surface area contributed by atoms with Gasteiger partial charge in [-0.05, 0) is 27.8 Å². The first-order valence-electron chi connectivity index (χ1n) is 5.05. The fraction of sp³-hybridized carbons (Fsp3) is 1.00. The van der Waals surface area contributed by atoms with E-state index in [0.717, 1.165) is 6.54 Å². The molecule has 0 aromatic heterocycles. The minimum absolute atomic E-state index is 0.307. The molecule has 1 rings (SSSR count). The molecule has 1 aliphatic rings. The number of nitrogens with zero attached hydrogens (tertiary/aromatic N) is 2. The van der Waals surface area contributed by atoms with E-state index in [9.17, 15) is 8.42 Å². The van der Waals surface area contributed by atoms with Crippen molar-refractivity contribution in [2.45, 2.75) is 32.1 Å². The van der Waals surface area contributed by atoms with Crippen LogP contribution in [-0.4, -0.2) is 55.6 Å². The lowest BCUT2D eigenvalue weighted by Crippen LogP contribution is -2.53. The summed E-state index contributed by atoms with van der Waals surface area (Å²) in [6, 6.07) is 0.317. The number of sulfonamides is 1. The highest BCUT2D eigenvalue weighted by atomic mass is 32.2. The highest BCUT2D eigenvalue weighted by Gasteiger charge is 2.31. The molecule has 0 radical (unpaired) electrons. The van der Waals surface area contributed by atoms with E-state index < -0.39 is 10.0 Å². The lowest BCUT2D eigenvalue weighted by molar-refractivity contribution is 0.159. The summed E-state index contributed by atoms with van der Waals surface area (Å²) in [6.45, 7) is 7.60. The predicted octanol–water partition coefficient (Wildman–Crippen LogP) is 0.361. The Hall–Kier alpha value is -0.130. The largest absolute Gasteiger partial charge is 0.301 e. The second-order valence-electron chi connectivity index (χ2n) is 4.28. The van der Waals surface area contributed by atoms with E-state index in [1.807, 2.05) is 7.05 Å². The second kappa shape index (κ2) is 4.16. The SMILES string of the molecule is CC1CN(S(=O)(=O)C(C)C)CCN1C. The van der Waals surface area contributed by atoms with Crippen LogP contribution < -0.4 is 0 Å². The molecule has 0 spiro atoms. The number of hydrogen-bond donors (Lipinski definition) is 0. The Balaban J connectivity index is 2.73. The maximum absolute atomic E-state index is 11.8. The van der Waals surface area contributed by atoms with Gasteiger partial charge in [-0.1, -0.05) is 0 Å². The standard InChI is InChI=1S/C9H20N2O2S/c1-8(2)14(12,13)11-6-5-10(4)9(3)7-11/h8-9H,5-7H2,1-4H3. The van der Waals surface area contributed by atoms with E-state index >= 15 is 0 Å². The molecule has 5 heteroatoms. The highest BCUT2D eigenvalue weighted by Crippen LogP contribution is 2.14. The summed E-state index contributed by atoms with van der Waals surface area (Å²) in [5.74, 6) is 0. The second-order valence-corrected chi connectivity index (χ2v) is 6.77. The van der Waals surface area contributed by atoms with Crippen molar-refractivity contribution in [3.63, 3.8) is 0 Å². The quantitative estimate of drug-likeness (QED) is 0.674. The van der Waals surface area contributed by atoms with Crippen molar-refractivity contribution < 1.29 is 8.42 Å². The summed E-state index contributed by atoms with van der Waals surface area (Å²) < 4.78 is 25.3. The molecule has 1 fully saturated rings. The lowest BCUT2D eigenvalue weighted by atomic mass is 10.2. The zero-order valence-corrected chi connectivity index (χ0v) is 10.2. The minimum Gasteiger partial charge on any atom is -0.301 e. The molecule has 0 bridgehead atoms. The van der Waals surface area contributed by atoms with Gasteiger partial charge in [0, 0.05) is 25.7 Å². The van der Waals surface area contributed by atoms with Crippen LogP contribution in [0.2, 0.25) is 0 Å². The Bertz CT molecular complexity index is 287. The van der Waals surface area contributed by atoms with E-state index in [1.165, 1.54) is 0 Å². The van der Waals surface area contributed by atoms with Crippen LogP contribution in [0, 0.1) is 0 Å². The minimum atomic E-state index is -3.05. The van der Waals surface area contributed by atoms with Crippen molar-refractivity contribution in [3.8, 4) is 0 Å². The van der Waals surface area contributed by atoms with Crippen LogP contribution >= 0.6 is 0 Å². The van der Waals surface area contributed by atoms with E-state index in [4.69, 9.17) is 0 Å². The van der Waals surface area contributed by atoms with Gasteiger partial charge >= 0.3 is 0 Å². The van der Waals surface area contributed by atoms with Crippen LogP contribution in [0.3, 0.4) is 0 Å². The van der Waals surface area contributed by atoms with Gasteiger partial charge in [0.05, 0.1) is 5.25 Å². The summed E-state index contributed by atoms with van der Waals surface area (Å²) in [4.78, 5) is 2.19. The summed E-state index contributed by atoms with van der Waals surface area (Å²) in [5.41, 5.74) is 0. The molecule has 0 N–H and O–H groups in total. The zero-order valence-electron chi connectivity index (χ0n) is 9.40. The average Bonchev–Trinajstić information content (AvgIpc) is 2.09. The van der Waals surface area contributed by atoms with Gasteiger partial charge in [0.2, 0.25) is 10.0 Å². The molecule has 0 saturated carbocycles. The van der Waals surface area contributed by atoms with Gasteiger partial charge in [0.15, 0.2) is 0 Å². The van der Waals surface area contributed by atoms with Gasteiger partial charge in [0.1, 0.15) is 0 Å². The summed E-state index contributed by atoms with van der Waals surface area (Å²) in [6.07, 6.45) is 0. The highest BCUT2D eigenvalue weighted by molar-refractivity contribution is 7.89. The average molecular weight is 220 g/mol. The van der Waals surface area contributed by atoms with Crippen LogP contribution in [0.15, 0.2) is 0 Å². The van der Waals surface area contributed by atoms with Gasteiger partial charge in [-0.15, -0.1) is 0 Å². The Kier molecular flexibility index (Phi) is 3.55. The predicted molar refractivity (Wildman–Crippen MR) is 57.7 cm³/mol. The van der Waals surface area contributed by atoms with Crippen LogP contribution in [0.1, 0.15) is 20.8 Å². The molecule has 0 aliphatic carbocycles. The lowest BCUT2D eigenvalue weighted by Gasteiger charge is -2.37. The molecule has 1 aliphatic heterocycles. The van der Waals surface area contributed by atoms with Crippen molar-refractivity contribution in [3.05, 3.63) is 0 Å². The molecule has 1 unspecified atom stereocenters. The molecule has 0 aromatic rings. The first-order chi connectivity index (χ1) is 6.35. The number of rotatable bonds is 2. The van der Waals surface area contributed by atoms with Gasteiger partial charge in [-0.3, -0.25) is 0 Å². The van der Waals surface area contributed by atoms with Gasteiger partial charge in [0.25, 0.3) is 0 Å². The van der Waals surface area contributed by atoms with Crippen LogP contribution in [0.25, 0.3) is 0 Å². The summed E-state index contributed by atoms with van der Waals surface area (Å²) >= 11 is 0. The summed E-state index contributed by atoms with van der Waals surface area (Å²) in [5, 5.41) is -0.307. The third-order valence-electron chi connectivity index (χ3n) is 2.88. The Labute approximate surface area is 86.9 Å². The fourth-order valence-corrected chi connectivity index (χ4v) is 2.90. The molecule has 1 heterocycles. The van der Waals surface area contributed by atoms with Gasteiger partial charge in [-0.25, -0.2) is 8.42 Å². The first-order valence-corrected chi connectivity index (χ1v) is 6.55. The Morgan fingerprint density at radius 2 is 1.86 bits per heavy atom. The molecule has 0 aromatic carbocycles. The van der Waals surface area contributed by atoms with E-state index in [-0.39, 0.29) is 5.25 Å². The summed E-state index contributed by atoms with van der Waals surface area (Å²) in [7, 11) is -1.02.